The molecule has 2 aromatic rings. The van der Waals surface area contributed by atoms with E-state index in [-0.39, 0.29) is 11.9 Å². The van der Waals surface area contributed by atoms with Crippen molar-refractivity contribution in [1.82, 2.24) is 0 Å². The van der Waals surface area contributed by atoms with Gasteiger partial charge in [-0.3, -0.25) is 4.79 Å². The summed E-state index contributed by atoms with van der Waals surface area (Å²) in [5, 5.41) is 0. The van der Waals surface area contributed by atoms with Gasteiger partial charge in [-0.25, -0.2) is 0 Å². The van der Waals surface area contributed by atoms with Crippen molar-refractivity contribution in [1.29, 1.82) is 0 Å². The third-order valence-electron chi connectivity index (χ3n) is 4.16. The summed E-state index contributed by atoms with van der Waals surface area (Å²) in [5.41, 5.74) is 4.18. The fraction of sp³-hybridized carbons (Fsp3) is 0.278. The van der Waals surface area contributed by atoms with E-state index >= 15 is 0 Å². The Bertz CT molecular complexity index is 695. The van der Waals surface area contributed by atoms with Crippen molar-refractivity contribution >= 4 is 27.5 Å². The van der Waals surface area contributed by atoms with Gasteiger partial charge in [-0.2, -0.15) is 0 Å². The molecule has 0 radical (unpaired) electrons. The first kappa shape index (κ1) is 14.3. The first-order valence-corrected chi connectivity index (χ1v) is 8.05. The van der Waals surface area contributed by atoms with E-state index in [0.29, 0.717) is 0 Å². The normalized spacial score (nSPS) is 17.5. The molecule has 1 aliphatic rings. The molecule has 0 aromatic heterocycles. The van der Waals surface area contributed by atoms with Gasteiger partial charge < -0.3 is 4.90 Å². The van der Waals surface area contributed by atoms with E-state index in [2.05, 4.69) is 28.9 Å². The molecule has 21 heavy (non-hydrogen) atoms. The number of anilines is 1. The fourth-order valence-corrected chi connectivity index (χ4v) is 3.24. The van der Waals surface area contributed by atoms with Crippen LogP contribution in [0.15, 0.2) is 46.9 Å². The minimum absolute atomic E-state index is 0.0790. The molecule has 1 aliphatic heterocycles. The molecule has 1 atom stereocenters. The summed E-state index contributed by atoms with van der Waals surface area (Å²) in [6.45, 7) is 4.15. The van der Waals surface area contributed by atoms with Crippen molar-refractivity contribution in [3.8, 4) is 0 Å². The molecule has 1 amide bonds. The van der Waals surface area contributed by atoms with Crippen LogP contribution in [-0.4, -0.2) is 11.9 Å². The van der Waals surface area contributed by atoms with E-state index in [0.717, 1.165) is 34.1 Å². The molecule has 0 bridgehead atoms. The number of benzene rings is 2. The molecule has 3 heteroatoms. The molecule has 0 fully saturated rings. The predicted octanol–water partition coefficient (Wildman–Crippen LogP) is 4.74. The number of rotatable bonds is 1. The average Bonchev–Trinajstić information content (AvgIpc) is 2.49. The van der Waals surface area contributed by atoms with Gasteiger partial charge in [0.2, 0.25) is 0 Å². The zero-order chi connectivity index (χ0) is 15.0. The number of hydrogen-bond acceptors (Lipinski definition) is 1. The monoisotopic (exact) mass is 343 g/mol. The highest BCUT2D eigenvalue weighted by Crippen LogP contribution is 2.32. The lowest BCUT2D eigenvalue weighted by atomic mass is 9.95. The number of halogens is 1. The second-order valence-corrected chi connectivity index (χ2v) is 6.51. The van der Waals surface area contributed by atoms with Crippen LogP contribution in [0.3, 0.4) is 0 Å². The van der Waals surface area contributed by atoms with Crippen LogP contribution in [0.1, 0.15) is 34.8 Å². The van der Waals surface area contributed by atoms with Gasteiger partial charge in [0.25, 0.3) is 5.91 Å². The minimum atomic E-state index is 0.0790. The zero-order valence-electron chi connectivity index (χ0n) is 12.3. The number of nitrogens with zero attached hydrogens (tertiary/aromatic N) is 1. The first-order chi connectivity index (χ1) is 10.1. The highest BCUT2D eigenvalue weighted by atomic mass is 79.9. The quantitative estimate of drug-likeness (QED) is 0.732. The first-order valence-electron chi connectivity index (χ1n) is 7.25. The van der Waals surface area contributed by atoms with E-state index in [9.17, 15) is 4.79 Å². The molecular formula is C18H18BrNO. The maximum Gasteiger partial charge on any atom is 0.258 e. The third kappa shape index (κ3) is 2.62. The Morgan fingerprint density at radius 1 is 1.24 bits per heavy atom. The second-order valence-electron chi connectivity index (χ2n) is 5.66. The van der Waals surface area contributed by atoms with Gasteiger partial charge >= 0.3 is 0 Å². The number of fused-ring (bicyclic) bond motifs is 1. The van der Waals surface area contributed by atoms with Crippen LogP contribution in [0.25, 0.3) is 0 Å². The predicted molar refractivity (Wildman–Crippen MR) is 89.9 cm³/mol. The van der Waals surface area contributed by atoms with Crippen LogP contribution in [-0.2, 0) is 6.42 Å². The van der Waals surface area contributed by atoms with Gasteiger partial charge in [0.1, 0.15) is 0 Å². The second kappa shape index (κ2) is 5.64. The van der Waals surface area contributed by atoms with Crippen LogP contribution in [0.4, 0.5) is 5.69 Å². The Labute approximate surface area is 133 Å². The highest BCUT2D eigenvalue weighted by Gasteiger charge is 2.28. The van der Waals surface area contributed by atoms with Gasteiger partial charge in [-0.15, -0.1) is 0 Å². The summed E-state index contributed by atoms with van der Waals surface area (Å²) in [5.74, 6) is 0.0790. The summed E-state index contributed by atoms with van der Waals surface area (Å²) in [7, 11) is 0. The average molecular weight is 344 g/mol. The van der Waals surface area contributed by atoms with Crippen LogP contribution in [0, 0.1) is 6.92 Å². The van der Waals surface area contributed by atoms with E-state index in [1.165, 1.54) is 5.56 Å². The standard InChI is InChI=1S/C18H18BrNO/c1-12-7-9-15(11-16(12)19)18(21)20-13(2)8-10-14-5-3-4-6-17(14)20/h3-7,9,11,13H,8,10H2,1-2H3. The molecule has 3 rings (SSSR count). The Morgan fingerprint density at radius 2 is 2.00 bits per heavy atom. The maximum absolute atomic E-state index is 12.9. The lowest BCUT2D eigenvalue weighted by Crippen LogP contribution is -2.42. The number of aryl methyl sites for hydroxylation is 2. The highest BCUT2D eigenvalue weighted by molar-refractivity contribution is 9.10. The number of hydrogen-bond donors (Lipinski definition) is 0. The molecular weight excluding hydrogens is 326 g/mol. The summed E-state index contributed by atoms with van der Waals surface area (Å²) in [6.07, 6.45) is 2.05. The van der Waals surface area contributed by atoms with Crippen molar-refractivity contribution < 1.29 is 4.79 Å². The molecule has 1 unspecified atom stereocenters. The van der Waals surface area contributed by atoms with E-state index in [1.54, 1.807) is 0 Å². The maximum atomic E-state index is 12.9. The molecule has 0 saturated heterocycles. The van der Waals surface area contributed by atoms with Gasteiger partial charge in [0.05, 0.1) is 0 Å². The minimum Gasteiger partial charge on any atom is -0.305 e. The molecule has 1 heterocycles. The van der Waals surface area contributed by atoms with Gasteiger partial charge in [0.15, 0.2) is 0 Å². The zero-order valence-corrected chi connectivity index (χ0v) is 13.9. The summed E-state index contributed by atoms with van der Waals surface area (Å²) < 4.78 is 0.978. The summed E-state index contributed by atoms with van der Waals surface area (Å²) >= 11 is 3.51. The molecule has 2 nitrogen and oxygen atoms in total. The third-order valence-corrected chi connectivity index (χ3v) is 5.02. The van der Waals surface area contributed by atoms with Gasteiger partial charge in [-0.05, 0) is 56.0 Å². The molecule has 0 saturated carbocycles. The van der Waals surface area contributed by atoms with Crippen LogP contribution in [0.5, 0.6) is 0 Å². The molecule has 0 spiro atoms. The largest absolute Gasteiger partial charge is 0.305 e. The van der Waals surface area contributed by atoms with Crippen molar-refractivity contribution in [3.63, 3.8) is 0 Å². The number of amides is 1. The topological polar surface area (TPSA) is 20.3 Å². The van der Waals surface area contributed by atoms with E-state index in [1.807, 2.05) is 48.2 Å². The van der Waals surface area contributed by atoms with Crippen molar-refractivity contribution in [2.75, 3.05) is 4.90 Å². The van der Waals surface area contributed by atoms with Gasteiger partial charge in [-0.1, -0.05) is 40.2 Å². The van der Waals surface area contributed by atoms with Crippen molar-refractivity contribution in [3.05, 3.63) is 63.6 Å². The molecule has 0 aliphatic carbocycles. The van der Waals surface area contributed by atoms with E-state index < -0.39 is 0 Å². The number of para-hydroxylation sites is 1. The lowest BCUT2D eigenvalue weighted by molar-refractivity contribution is 0.0975. The Balaban J connectivity index is 2.02. The van der Waals surface area contributed by atoms with Gasteiger partial charge in [0, 0.05) is 21.8 Å². The smallest absolute Gasteiger partial charge is 0.258 e. The molecule has 0 N–H and O–H groups in total. The molecule has 2 aromatic carbocycles. The van der Waals surface area contributed by atoms with E-state index in [4.69, 9.17) is 0 Å². The van der Waals surface area contributed by atoms with Crippen molar-refractivity contribution in [2.24, 2.45) is 0 Å². The van der Waals surface area contributed by atoms with Crippen LogP contribution < -0.4 is 4.90 Å². The SMILES string of the molecule is Cc1ccc(C(=O)N2c3ccccc3CCC2C)cc1Br. The Kier molecular flexibility index (Phi) is 3.85. The van der Waals surface area contributed by atoms with Crippen LogP contribution in [0.2, 0.25) is 0 Å². The summed E-state index contributed by atoms with van der Waals surface area (Å²) in [6, 6.07) is 14.2. The number of carbonyl (C=O) groups excluding carboxylic acids is 1. The Hall–Kier alpha value is -1.61. The Morgan fingerprint density at radius 3 is 2.76 bits per heavy atom. The fourth-order valence-electron chi connectivity index (χ4n) is 2.86. The number of carbonyl (C=O) groups is 1. The molecule has 108 valence electrons. The summed E-state index contributed by atoms with van der Waals surface area (Å²) in [4.78, 5) is 14.9. The lowest BCUT2D eigenvalue weighted by Gasteiger charge is -2.35. The van der Waals surface area contributed by atoms with Crippen LogP contribution >= 0.6 is 15.9 Å². The van der Waals surface area contributed by atoms with Crippen molar-refractivity contribution in [2.45, 2.75) is 32.7 Å².